The van der Waals surface area contributed by atoms with Gasteiger partial charge in [-0.15, -0.1) is 11.6 Å². The number of nitrogens with zero attached hydrogens (tertiary/aromatic N) is 5. The Morgan fingerprint density at radius 1 is 1.22 bits per heavy atom. The molecule has 2 heterocycles. The predicted octanol–water partition coefficient (Wildman–Crippen LogP) is 5.01. The van der Waals surface area contributed by atoms with Crippen LogP contribution in [0.5, 0.6) is 0 Å². The largest absolute Gasteiger partial charge is 0.271 e. The van der Waals surface area contributed by atoms with Crippen LogP contribution >= 0.6 is 27.5 Å². The number of hydrogen-bond acceptors (Lipinski definition) is 6. The van der Waals surface area contributed by atoms with E-state index in [0.717, 1.165) is 42.4 Å². The second-order valence-electron chi connectivity index (χ2n) is 7.52. The summed E-state index contributed by atoms with van der Waals surface area (Å²) in [4.78, 5) is 25.8. The lowest BCUT2D eigenvalue weighted by atomic mass is 10.0. The first-order chi connectivity index (χ1) is 15.6. The lowest BCUT2D eigenvalue weighted by Crippen LogP contribution is -2.48. The van der Waals surface area contributed by atoms with Crippen molar-refractivity contribution in [2.75, 3.05) is 5.01 Å². The Morgan fingerprint density at radius 3 is 2.78 bits per heavy atom. The van der Waals surface area contributed by atoms with E-state index in [1.807, 2.05) is 30.3 Å². The first-order valence-corrected chi connectivity index (χ1v) is 11.5. The van der Waals surface area contributed by atoms with Crippen LogP contribution in [0.25, 0.3) is 11.1 Å². The van der Waals surface area contributed by atoms with Crippen LogP contribution < -0.4 is 10.4 Å². The molecule has 0 atom stereocenters. The maximum atomic E-state index is 13.2. The Balaban J connectivity index is 1.64. The zero-order valence-electron chi connectivity index (χ0n) is 17.1. The monoisotopic (exact) mass is 510 g/mol. The predicted molar refractivity (Wildman–Crippen MR) is 126 cm³/mol. The molecule has 3 aromatic rings. The number of pyridine rings is 1. The number of carbonyl (C=O) groups excluding carboxylic acids is 1. The number of benzene rings is 1. The topological polar surface area (TPSA) is 94.8 Å². The summed E-state index contributed by atoms with van der Waals surface area (Å²) in [6.45, 7) is 0. The first kappa shape index (κ1) is 22.2. The molecule has 0 radical (unpaired) electrons. The molecule has 0 saturated heterocycles. The first-order valence-electron chi connectivity index (χ1n) is 10.2. The average Bonchev–Trinajstić information content (AvgIpc) is 3.38. The number of carbonyl (C=O) groups is 1. The summed E-state index contributed by atoms with van der Waals surface area (Å²) in [7, 11) is 0. The molecule has 7 nitrogen and oxygen atoms in total. The number of alkyl halides is 1. The minimum absolute atomic E-state index is 0.0447. The van der Waals surface area contributed by atoms with Crippen LogP contribution in [-0.2, 0) is 5.88 Å². The summed E-state index contributed by atoms with van der Waals surface area (Å²) in [5.41, 5.74) is 6.17. The molecule has 0 unspecified atom stereocenters. The highest BCUT2D eigenvalue weighted by molar-refractivity contribution is 9.10. The summed E-state index contributed by atoms with van der Waals surface area (Å²) >= 11 is 9.42. The number of anilines is 1. The van der Waals surface area contributed by atoms with Crippen molar-refractivity contribution in [3.63, 3.8) is 0 Å². The molecule has 0 bridgehead atoms. The summed E-state index contributed by atoms with van der Waals surface area (Å²) in [5, 5.41) is 11.0. The van der Waals surface area contributed by atoms with Gasteiger partial charge in [-0.1, -0.05) is 31.0 Å². The van der Waals surface area contributed by atoms with E-state index in [2.05, 4.69) is 36.3 Å². The van der Waals surface area contributed by atoms with Crippen molar-refractivity contribution in [3.05, 3.63) is 70.3 Å². The molecule has 1 aliphatic rings. The molecule has 0 aliphatic heterocycles. The molecular weight excluding hydrogens is 492 g/mol. The third kappa shape index (κ3) is 4.90. The minimum Gasteiger partial charge on any atom is -0.267 e. The molecule has 162 valence electrons. The SMILES string of the molecule is N#Cc1ncc(Br)c(N(NC(=O)c2cncc(-c3cccc(CCl)c3)c2)C2CCCC2)n1. The molecule has 1 aliphatic carbocycles. The third-order valence-corrected chi connectivity index (χ3v) is 6.25. The Morgan fingerprint density at radius 2 is 2.03 bits per heavy atom. The van der Waals surface area contributed by atoms with Crippen molar-refractivity contribution < 1.29 is 4.79 Å². The van der Waals surface area contributed by atoms with Gasteiger partial charge in [0, 0.05) is 30.0 Å². The van der Waals surface area contributed by atoms with Crippen molar-refractivity contribution in [3.8, 4) is 17.2 Å². The fraction of sp³-hybridized carbons (Fsp3) is 0.261. The molecule has 9 heteroatoms. The van der Waals surface area contributed by atoms with Gasteiger partial charge in [0.25, 0.3) is 5.91 Å². The van der Waals surface area contributed by atoms with Crippen molar-refractivity contribution in [2.45, 2.75) is 37.6 Å². The van der Waals surface area contributed by atoms with Gasteiger partial charge in [-0.05, 0) is 52.0 Å². The van der Waals surface area contributed by atoms with Gasteiger partial charge in [0.05, 0.1) is 16.1 Å². The van der Waals surface area contributed by atoms with E-state index in [1.165, 1.54) is 12.4 Å². The second kappa shape index (κ2) is 10.1. The number of aromatic nitrogens is 3. The molecule has 1 aromatic carbocycles. The number of rotatable bonds is 6. The lowest BCUT2D eigenvalue weighted by Gasteiger charge is -2.30. The molecular formula is C23H20BrClN6O. The lowest BCUT2D eigenvalue weighted by molar-refractivity contribution is 0.0943. The van der Waals surface area contributed by atoms with Gasteiger partial charge in [-0.25, -0.2) is 4.98 Å². The minimum atomic E-state index is -0.302. The zero-order chi connectivity index (χ0) is 22.5. The van der Waals surface area contributed by atoms with Crippen LogP contribution in [-0.4, -0.2) is 26.9 Å². The maximum absolute atomic E-state index is 13.2. The van der Waals surface area contributed by atoms with E-state index in [4.69, 9.17) is 11.6 Å². The zero-order valence-corrected chi connectivity index (χ0v) is 19.5. The number of halogens is 2. The number of amides is 1. The van der Waals surface area contributed by atoms with Gasteiger partial charge in [-0.2, -0.15) is 10.2 Å². The quantitative estimate of drug-likeness (QED) is 0.369. The van der Waals surface area contributed by atoms with Gasteiger partial charge in [0.15, 0.2) is 5.82 Å². The number of hydrogen-bond donors (Lipinski definition) is 1. The molecule has 1 fully saturated rings. The third-order valence-electron chi connectivity index (χ3n) is 5.38. The van der Waals surface area contributed by atoms with Crippen molar-refractivity contribution in [1.82, 2.24) is 20.4 Å². The summed E-state index contributed by atoms with van der Waals surface area (Å²) in [6.07, 6.45) is 8.76. The van der Waals surface area contributed by atoms with Gasteiger partial charge < -0.3 is 0 Å². The highest BCUT2D eigenvalue weighted by Gasteiger charge is 2.28. The van der Waals surface area contributed by atoms with E-state index in [9.17, 15) is 10.1 Å². The van der Waals surface area contributed by atoms with E-state index in [-0.39, 0.29) is 17.8 Å². The standard InChI is InChI=1S/C23H20BrClN6O/c24-20-14-28-21(11-26)29-22(20)31(19-6-1-2-7-19)30-23(32)18-9-17(12-27-13-18)16-5-3-4-15(8-16)10-25/h3-5,8-9,12-14,19H,1-2,6-7,10H2,(H,30,32). The Labute approximate surface area is 199 Å². The Bertz CT molecular complexity index is 1180. The van der Waals surface area contributed by atoms with Gasteiger partial charge in [0.1, 0.15) is 6.07 Å². The summed E-state index contributed by atoms with van der Waals surface area (Å²) in [6, 6.07) is 11.7. The highest BCUT2D eigenvalue weighted by atomic mass is 79.9. The molecule has 4 rings (SSSR count). The molecule has 32 heavy (non-hydrogen) atoms. The normalized spacial score (nSPS) is 13.5. The van der Waals surface area contributed by atoms with Gasteiger partial charge >= 0.3 is 0 Å². The van der Waals surface area contributed by atoms with Crippen LogP contribution in [0.2, 0.25) is 0 Å². The van der Waals surface area contributed by atoms with Crippen molar-refractivity contribution in [1.29, 1.82) is 5.26 Å². The summed E-state index contributed by atoms with van der Waals surface area (Å²) < 4.78 is 0.605. The van der Waals surface area contributed by atoms with Crippen LogP contribution in [0.15, 0.2) is 53.4 Å². The van der Waals surface area contributed by atoms with Crippen molar-refractivity contribution in [2.24, 2.45) is 0 Å². The van der Waals surface area contributed by atoms with E-state index in [0.29, 0.717) is 21.7 Å². The Hall–Kier alpha value is -3.02. The molecule has 2 aromatic heterocycles. The fourth-order valence-corrected chi connectivity index (χ4v) is 4.34. The highest BCUT2D eigenvalue weighted by Crippen LogP contribution is 2.30. The van der Waals surface area contributed by atoms with Gasteiger partial charge in [-0.3, -0.25) is 20.2 Å². The van der Waals surface area contributed by atoms with Crippen LogP contribution in [0.3, 0.4) is 0 Å². The van der Waals surface area contributed by atoms with Crippen LogP contribution in [0.1, 0.15) is 47.4 Å². The van der Waals surface area contributed by atoms with Crippen LogP contribution in [0.4, 0.5) is 5.82 Å². The van der Waals surface area contributed by atoms with Crippen LogP contribution in [0, 0.1) is 11.3 Å². The molecule has 1 N–H and O–H groups in total. The van der Waals surface area contributed by atoms with Crippen molar-refractivity contribution >= 4 is 39.3 Å². The molecule has 1 amide bonds. The molecule has 0 spiro atoms. The maximum Gasteiger partial charge on any atom is 0.271 e. The number of nitrogens with one attached hydrogen (secondary N) is 1. The molecule has 1 saturated carbocycles. The fourth-order valence-electron chi connectivity index (χ4n) is 3.79. The number of hydrazine groups is 1. The smallest absolute Gasteiger partial charge is 0.267 e. The average molecular weight is 512 g/mol. The van der Waals surface area contributed by atoms with E-state index < -0.39 is 0 Å². The second-order valence-corrected chi connectivity index (χ2v) is 8.64. The van der Waals surface area contributed by atoms with E-state index in [1.54, 1.807) is 17.3 Å². The van der Waals surface area contributed by atoms with Gasteiger partial charge in [0.2, 0.25) is 5.82 Å². The van der Waals surface area contributed by atoms with E-state index >= 15 is 0 Å². The number of nitriles is 1. The summed E-state index contributed by atoms with van der Waals surface area (Å²) in [5.74, 6) is 0.624. The Kier molecular flexibility index (Phi) is 6.98.